The zero-order chi connectivity index (χ0) is 18.6. The van der Waals surface area contributed by atoms with Gasteiger partial charge in [0.25, 0.3) is 5.91 Å². The Bertz CT molecular complexity index is 784. The average Bonchev–Trinajstić information content (AvgIpc) is 3.45. The van der Waals surface area contributed by atoms with Crippen molar-refractivity contribution in [3.8, 4) is 0 Å². The van der Waals surface area contributed by atoms with Gasteiger partial charge >= 0.3 is 0 Å². The van der Waals surface area contributed by atoms with Gasteiger partial charge in [0.2, 0.25) is 5.91 Å². The largest absolute Gasteiger partial charge is 0.383 e. The number of amides is 2. The van der Waals surface area contributed by atoms with E-state index in [1.807, 2.05) is 36.4 Å². The Morgan fingerprint density at radius 3 is 2.31 bits per heavy atom. The van der Waals surface area contributed by atoms with E-state index in [9.17, 15) is 9.59 Å². The molecule has 1 fully saturated rings. The number of methoxy groups -OCH3 is 1. The number of halogens is 1. The number of ether oxygens (including phenoxy) is 1. The molecule has 0 bridgehead atoms. The first-order chi connectivity index (χ1) is 12.5. The van der Waals surface area contributed by atoms with Crippen LogP contribution in [0.5, 0.6) is 0 Å². The predicted molar refractivity (Wildman–Crippen MR) is 104 cm³/mol. The topological polar surface area (TPSA) is 67.4 Å². The summed E-state index contributed by atoms with van der Waals surface area (Å²) in [6.07, 6.45) is 1.69. The molecule has 2 aromatic rings. The van der Waals surface area contributed by atoms with Crippen LogP contribution < -0.4 is 10.6 Å². The molecule has 2 aromatic carbocycles. The highest BCUT2D eigenvalue weighted by Crippen LogP contribution is 2.48. The van der Waals surface area contributed by atoms with Gasteiger partial charge in [-0.25, -0.2) is 0 Å². The Morgan fingerprint density at radius 1 is 1.08 bits per heavy atom. The van der Waals surface area contributed by atoms with E-state index < -0.39 is 5.41 Å². The second kappa shape index (κ2) is 8.01. The molecule has 0 saturated heterocycles. The molecule has 5 nitrogen and oxygen atoms in total. The highest BCUT2D eigenvalue weighted by atomic mass is 79.9. The Kier molecular flexibility index (Phi) is 5.74. The lowest BCUT2D eigenvalue weighted by Crippen LogP contribution is -2.36. The molecule has 2 N–H and O–H groups in total. The van der Waals surface area contributed by atoms with Crippen LogP contribution in [-0.4, -0.2) is 32.1 Å². The quantitative estimate of drug-likeness (QED) is 0.678. The van der Waals surface area contributed by atoms with Gasteiger partial charge in [-0.1, -0.05) is 28.1 Å². The van der Waals surface area contributed by atoms with E-state index in [0.717, 1.165) is 22.9 Å². The molecule has 0 spiro atoms. The van der Waals surface area contributed by atoms with Crippen LogP contribution in [0.25, 0.3) is 0 Å². The van der Waals surface area contributed by atoms with Gasteiger partial charge in [0.1, 0.15) is 0 Å². The van der Waals surface area contributed by atoms with E-state index in [1.165, 1.54) is 0 Å². The summed E-state index contributed by atoms with van der Waals surface area (Å²) in [4.78, 5) is 24.7. The molecule has 0 atom stereocenters. The monoisotopic (exact) mass is 416 g/mol. The molecule has 0 radical (unpaired) electrons. The number of hydrogen-bond donors (Lipinski definition) is 2. The molecule has 0 aliphatic heterocycles. The van der Waals surface area contributed by atoms with Crippen LogP contribution >= 0.6 is 15.9 Å². The maximum absolute atomic E-state index is 12.4. The van der Waals surface area contributed by atoms with Gasteiger partial charge in [0, 0.05) is 29.4 Å². The van der Waals surface area contributed by atoms with Gasteiger partial charge in [0.15, 0.2) is 0 Å². The number of benzene rings is 2. The minimum Gasteiger partial charge on any atom is -0.383 e. The number of anilines is 1. The van der Waals surface area contributed by atoms with Crippen LogP contribution in [0.1, 0.15) is 28.8 Å². The van der Waals surface area contributed by atoms with Crippen LogP contribution in [0.3, 0.4) is 0 Å². The molecule has 136 valence electrons. The van der Waals surface area contributed by atoms with Gasteiger partial charge in [0.05, 0.1) is 12.0 Å². The third kappa shape index (κ3) is 4.14. The van der Waals surface area contributed by atoms with E-state index in [4.69, 9.17) is 4.74 Å². The maximum atomic E-state index is 12.4. The molecule has 1 aliphatic carbocycles. The van der Waals surface area contributed by atoms with Crippen LogP contribution in [0.4, 0.5) is 5.69 Å². The third-order valence-corrected chi connectivity index (χ3v) is 5.11. The number of hydrogen-bond acceptors (Lipinski definition) is 3. The lowest BCUT2D eigenvalue weighted by molar-refractivity contribution is -0.123. The smallest absolute Gasteiger partial charge is 0.255 e. The summed E-state index contributed by atoms with van der Waals surface area (Å²) < 4.78 is 5.90. The molecule has 0 unspecified atom stereocenters. The van der Waals surface area contributed by atoms with Crippen LogP contribution in [0.2, 0.25) is 0 Å². The Morgan fingerprint density at radius 2 is 1.73 bits per heavy atom. The highest BCUT2D eigenvalue weighted by molar-refractivity contribution is 9.10. The van der Waals surface area contributed by atoms with Gasteiger partial charge in [-0.05, 0) is 54.8 Å². The maximum Gasteiger partial charge on any atom is 0.255 e. The summed E-state index contributed by atoms with van der Waals surface area (Å²) in [7, 11) is 1.61. The van der Waals surface area contributed by atoms with E-state index in [1.54, 1.807) is 19.2 Å². The van der Waals surface area contributed by atoms with Crippen LogP contribution in [-0.2, 0) is 14.9 Å². The molecular weight excluding hydrogens is 396 g/mol. The highest BCUT2D eigenvalue weighted by Gasteiger charge is 2.50. The summed E-state index contributed by atoms with van der Waals surface area (Å²) in [5.74, 6) is -0.120. The molecule has 1 saturated carbocycles. The summed E-state index contributed by atoms with van der Waals surface area (Å²) in [5.41, 5.74) is 1.85. The van der Waals surface area contributed by atoms with Crippen molar-refractivity contribution in [1.82, 2.24) is 5.32 Å². The molecule has 3 rings (SSSR count). The molecule has 6 heteroatoms. The second-order valence-corrected chi connectivity index (χ2v) is 7.28. The fourth-order valence-corrected chi connectivity index (χ4v) is 3.15. The lowest BCUT2D eigenvalue weighted by atomic mass is 9.94. The zero-order valence-corrected chi connectivity index (χ0v) is 16.1. The van der Waals surface area contributed by atoms with E-state index in [-0.39, 0.29) is 11.8 Å². The van der Waals surface area contributed by atoms with E-state index in [2.05, 4.69) is 26.6 Å². The number of carbonyl (C=O) groups excluding carboxylic acids is 2. The lowest BCUT2D eigenvalue weighted by Gasteiger charge is -2.16. The first kappa shape index (κ1) is 18.6. The fourth-order valence-electron chi connectivity index (χ4n) is 2.88. The molecule has 2 amide bonds. The van der Waals surface area contributed by atoms with Crippen molar-refractivity contribution in [3.05, 3.63) is 64.1 Å². The van der Waals surface area contributed by atoms with Crippen molar-refractivity contribution >= 4 is 33.4 Å². The van der Waals surface area contributed by atoms with Gasteiger partial charge in [-0.3, -0.25) is 9.59 Å². The standard InChI is InChI=1S/C20H21BrN2O3/c1-26-13-12-22-19(25)20(10-11-20)15-4-8-17(9-5-15)23-18(24)14-2-6-16(21)7-3-14/h2-9H,10-13H2,1H3,(H,22,25)(H,23,24). The third-order valence-electron chi connectivity index (χ3n) is 4.58. The van der Waals surface area contributed by atoms with Gasteiger partial charge in [-0.15, -0.1) is 0 Å². The molecule has 26 heavy (non-hydrogen) atoms. The first-order valence-corrected chi connectivity index (χ1v) is 9.29. The molecule has 1 aliphatic rings. The van der Waals surface area contributed by atoms with Crippen molar-refractivity contribution in [1.29, 1.82) is 0 Å². The summed E-state index contributed by atoms with van der Waals surface area (Å²) >= 11 is 3.35. The Labute approximate surface area is 161 Å². The molecule has 0 aromatic heterocycles. The number of rotatable bonds is 7. The predicted octanol–water partition coefficient (Wildman–Crippen LogP) is 3.50. The van der Waals surface area contributed by atoms with Crippen molar-refractivity contribution in [3.63, 3.8) is 0 Å². The average molecular weight is 417 g/mol. The minimum absolute atomic E-state index is 0.0428. The van der Waals surface area contributed by atoms with Crippen molar-refractivity contribution in [2.75, 3.05) is 25.6 Å². The summed E-state index contributed by atoms with van der Waals surface area (Å²) in [6, 6.07) is 14.7. The number of carbonyl (C=O) groups is 2. The Hall–Kier alpha value is -2.18. The zero-order valence-electron chi connectivity index (χ0n) is 14.5. The van der Waals surface area contributed by atoms with Crippen LogP contribution in [0, 0.1) is 0 Å². The normalized spacial score (nSPS) is 14.5. The summed E-state index contributed by atoms with van der Waals surface area (Å²) in [5, 5.41) is 5.80. The fraction of sp³-hybridized carbons (Fsp3) is 0.300. The van der Waals surface area contributed by atoms with Crippen molar-refractivity contribution in [2.45, 2.75) is 18.3 Å². The van der Waals surface area contributed by atoms with Gasteiger partial charge in [-0.2, -0.15) is 0 Å². The minimum atomic E-state index is -0.429. The second-order valence-electron chi connectivity index (χ2n) is 6.37. The van der Waals surface area contributed by atoms with Crippen molar-refractivity contribution in [2.24, 2.45) is 0 Å². The van der Waals surface area contributed by atoms with Crippen LogP contribution in [0.15, 0.2) is 53.0 Å². The number of nitrogens with one attached hydrogen (secondary N) is 2. The van der Waals surface area contributed by atoms with E-state index in [0.29, 0.717) is 24.4 Å². The Balaban J connectivity index is 1.64. The molecule has 0 heterocycles. The van der Waals surface area contributed by atoms with Crippen molar-refractivity contribution < 1.29 is 14.3 Å². The first-order valence-electron chi connectivity index (χ1n) is 8.50. The van der Waals surface area contributed by atoms with Gasteiger partial charge < -0.3 is 15.4 Å². The van der Waals surface area contributed by atoms with E-state index >= 15 is 0 Å². The SMILES string of the molecule is COCCNC(=O)C1(c2ccc(NC(=O)c3ccc(Br)cc3)cc2)CC1. The summed E-state index contributed by atoms with van der Waals surface area (Å²) in [6.45, 7) is 1.02. The molecular formula is C20H21BrN2O3.